The van der Waals surface area contributed by atoms with Crippen molar-refractivity contribution in [2.24, 2.45) is 5.41 Å². The Morgan fingerprint density at radius 3 is 2.62 bits per heavy atom. The van der Waals surface area contributed by atoms with Gasteiger partial charge in [-0.25, -0.2) is 0 Å². The molecule has 0 radical (unpaired) electrons. The number of aromatic nitrogens is 2. The van der Waals surface area contributed by atoms with Gasteiger partial charge in [-0.05, 0) is 38.2 Å². The number of hydrogen-bond donors (Lipinski definition) is 0. The fraction of sp³-hybridized carbons (Fsp3) is 0.700. The van der Waals surface area contributed by atoms with E-state index in [4.69, 9.17) is 0 Å². The van der Waals surface area contributed by atoms with E-state index >= 15 is 0 Å². The molecule has 0 spiro atoms. The monoisotopic (exact) mass is 242 g/mol. The maximum atomic E-state index is 4.48. The van der Waals surface area contributed by atoms with Crippen molar-refractivity contribution in [3.63, 3.8) is 0 Å². The number of aryl methyl sites for hydroxylation is 2. The van der Waals surface area contributed by atoms with E-state index in [9.17, 15) is 0 Å². The van der Waals surface area contributed by atoms with Gasteiger partial charge in [-0.2, -0.15) is 5.10 Å². The second-order valence-corrected chi connectivity index (χ2v) is 4.78. The summed E-state index contributed by atoms with van der Waals surface area (Å²) in [6.07, 6.45) is 2.69. The molecule has 1 heterocycles. The van der Waals surface area contributed by atoms with Crippen LogP contribution in [-0.2, 0) is 6.54 Å². The van der Waals surface area contributed by atoms with Gasteiger partial charge < -0.3 is 0 Å². The highest BCUT2D eigenvalue weighted by atomic mass is 79.9. The average Bonchev–Trinajstić information content (AvgIpc) is 2.77. The Hall–Kier alpha value is -0.310. The molecule has 1 aromatic rings. The molecule has 13 heavy (non-hydrogen) atoms. The molecule has 0 amide bonds. The minimum Gasteiger partial charge on any atom is -0.269 e. The molecule has 2 rings (SSSR count). The van der Waals surface area contributed by atoms with Crippen LogP contribution in [0.2, 0.25) is 0 Å². The summed E-state index contributed by atoms with van der Waals surface area (Å²) in [7, 11) is 0. The highest BCUT2D eigenvalue weighted by Crippen LogP contribution is 2.48. The van der Waals surface area contributed by atoms with E-state index in [1.807, 2.05) is 0 Å². The first kappa shape index (κ1) is 9.25. The van der Waals surface area contributed by atoms with Crippen LogP contribution < -0.4 is 0 Å². The lowest BCUT2D eigenvalue weighted by molar-refractivity contribution is 0.433. The molecule has 2 nitrogen and oxygen atoms in total. The standard InChI is InChI=1S/C10H15BrN2/c1-8-5-9(2)13(12-8)7-10(6-11)3-4-10/h5H,3-4,6-7H2,1-2H3. The molecule has 0 aliphatic heterocycles. The molecule has 0 saturated heterocycles. The van der Waals surface area contributed by atoms with E-state index in [1.54, 1.807) is 0 Å². The average molecular weight is 243 g/mol. The van der Waals surface area contributed by atoms with Crippen molar-refractivity contribution < 1.29 is 0 Å². The first-order valence-electron chi connectivity index (χ1n) is 4.72. The van der Waals surface area contributed by atoms with E-state index in [0.29, 0.717) is 5.41 Å². The number of halogens is 1. The molecule has 1 aromatic heterocycles. The topological polar surface area (TPSA) is 17.8 Å². The lowest BCUT2D eigenvalue weighted by atomic mass is 10.1. The molecule has 0 bridgehead atoms. The van der Waals surface area contributed by atoms with Crippen LogP contribution in [0.5, 0.6) is 0 Å². The van der Waals surface area contributed by atoms with Crippen molar-refractivity contribution in [3.05, 3.63) is 17.5 Å². The summed E-state index contributed by atoms with van der Waals surface area (Å²) in [5.41, 5.74) is 2.93. The van der Waals surface area contributed by atoms with Crippen LogP contribution in [0.3, 0.4) is 0 Å². The third-order valence-electron chi connectivity index (χ3n) is 2.83. The first-order valence-corrected chi connectivity index (χ1v) is 5.84. The van der Waals surface area contributed by atoms with Crippen LogP contribution in [0.1, 0.15) is 24.2 Å². The number of nitrogens with zero attached hydrogens (tertiary/aromatic N) is 2. The van der Waals surface area contributed by atoms with Gasteiger partial charge >= 0.3 is 0 Å². The summed E-state index contributed by atoms with van der Waals surface area (Å²) < 4.78 is 2.14. The SMILES string of the molecule is Cc1cc(C)n(CC2(CBr)CC2)n1. The largest absolute Gasteiger partial charge is 0.269 e. The second kappa shape index (κ2) is 3.12. The van der Waals surface area contributed by atoms with Gasteiger partial charge in [0, 0.05) is 17.6 Å². The van der Waals surface area contributed by atoms with Gasteiger partial charge in [-0.15, -0.1) is 0 Å². The summed E-state index contributed by atoms with van der Waals surface area (Å²) >= 11 is 3.58. The smallest absolute Gasteiger partial charge is 0.0596 e. The third-order valence-corrected chi connectivity index (χ3v) is 4.02. The minimum absolute atomic E-state index is 0.517. The molecule has 1 saturated carbocycles. The predicted molar refractivity (Wildman–Crippen MR) is 57.2 cm³/mol. The van der Waals surface area contributed by atoms with Gasteiger partial charge in [0.1, 0.15) is 0 Å². The molecule has 0 unspecified atom stereocenters. The Morgan fingerprint density at radius 1 is 1.54 bits per heavy atom. The fourth-order valence-electron chi connectivity index (χ4n) is 1.66. The van der Waals surface area contributed by atoms with Gasteiger partial charge in [0.05, 0.1) is 5.69 Å². The summed E-state index contributed by atoms with van der Waals surface area (Å²) in [6.45, 7) is 5.26. The van der Waals surface area contributed by atoms with E-state index in [-0.39, 0.29) is 0 Å². The highest BCUT2D eigenvalue weighted by Gasteiger charge is 2.42. The zero-order valence-electron chi connectivity index (χ0n) is 8.18. The first-order chi connectivity index (χ1) is 6.15. The van der Waals surface area contributed by atoms with Gasteiger partial charge in [0.25, 0.3) is 0 Å². The molecular formula is C10H15BrN2. The number of hydrogen-bond acceptors (Lipinski definition) is 1. The zero-order chi connectivity index (χ0) is 9.47. The Morgan fingerprint density at radius 2 is 2.23 bits per heavy atom. The molecule has 1 aliphatic carbocycles. The van der Waals surface area contributed by atoms with E-state index < -0.39 is 0 Å². The van der Waals surface area contributed by atoms with Crippen molar-refractivity contribution in [1.29, 1.82) is 0 Å². The molecule has 0 atom stereocenters. The molecule has 1 aliphatic rings. The summed E-state index contributed by atoms with van der Waals surface area (Å²) in [6, 6.07) is 2.14. The maximum Gasteiger partial charge on any atom is 0.0596 e. The van der Waals surface area contributed by atoms with Crippen molar-refractivity contribution in [3.8, 4) is 0 Å². The third kappa shape index (κ3) is 1.80. The Labute approximate surface area is 87.5 Å². The summed E-state index contributed by atoms with van der Waals surface area (Å²) in [5.74, 6) is 0. The van der Waals surface area contributed by atoms with Gasteiger partial charge in [0.2, 0.25) is 0 Å². The van der Waals surface area contributed by atoms with Gasteiger partial charge in [0.15, 0.2) is 0 Å². The lowest BCUT2D eigenvalue weighted by Gasteiger charge is -2.12. The zero-order valence-corrected chi connectivity index (χ0v) is 9.76. The van der Waals surface area contributed by atoms with Crippen LogP contribution in [0, 0.1) is 19.3 Å². The molecule has 0 N–H and O–H groups in total. The molecule has 72 valence electrons. The molecular weight excluding hydrogens is 228 g/mol. The van der Waals surface area contributed by atoms with Crippen molar-refractivity contribution >= 4 is 15.9 Å². The number of rotatable bonds is 3. The van der Waals surface area contributed by atoms with E-state index in [1.165, 1.54) is 18.5 Å². The molecule has 3 heteroatoms. The summed E-state index contributed by atoms with van der Waals surface area (Å²) in [5, 5.41) is 5.59. The predicted octanol–water partition coefficient (Wildman–Crippen LogP) is 2.68. The van der Waals surface area contributed by atoms with Crippen LogP contribution in [0.25, 0.3) is 0 Å². The van der Waals surface area contributed by atoms with Crippen LogP contribution in [-0.4, -0.2) is 15.1 Å². The van der Waals surface area contributed by atoms with Crippen LogP contribution in [0.15, 0.2) is 6.07 Å². The van der Waals surface area contributed by atoms with Crippen molar-refractivity contribution in [1.82, 2.24) is 9.78 Å². The van der Waals surface area contributed by atoms with E-state index in [0.717, 1.165) is 17.6 Å². The number of alkyl halides is 1. The van der Waals surface area contributed by atoms with Crippen molar-refractivity contribution in [2.75, 3.05) is 5.33 Å². The van der Waals surface area contributed by atoms with E-state index in [2.05, 4.69) is 45.6 Å². The van der Waals surface area contributed by atoms with Gasteiger partial charge in [-0.1, -0.05) is 15.9 Å². The van der Waals surface area contributed by atoms with Crippen LogP contribution >= 0.6 is 15.9 Å². The normalized spacial score (nSPS) is 19.0. The lowest BCUT2D eigenvalue weighted by Crippen LogP contribution is -2.15. The fourth-order valence-corrected chi connectivity index (χ4v) is 2.40. The Balaban J connectivity index is 2.13. The summed E-state index contributed by atoms with van der Waals surface area (Å²) in [4.78, 5) is 0. The Kier molecular flexibility index (Phi) is 2.22. The Bertz CT molecular complexity index is 313. The maximum absolute atomic E-state index is 4.48. The minimum atomic E-state index is 0.517. The quantitative estimate of drug-likeness (QED) is 0.746. The molecule has 0 aromatic carbocycles. The van der Waals surface area contributed by atoms with Crippen LogP contribution in [0.4, 0.5) is 0 Å². The van der Waals surface area contributed by atoms with Gasteiger partial charge in [-0.3, -0.25) is 4.68 Å². The second-order valence-electron chi connectivity index (χ2n) is 4.22. The highest BCUT2D eigenvalue weighted by molar-refractivity contribution is 9.09. The van der Waals surface area contributed by atoms with Crippen molar-refractivity contribution in [2.45, 2.75) is 33.2 Å². The molecule has 1 fully saturated rings.